The minimum atomic E-state index is 0.576. The first-order valence-corrected chi connectivity index (χ1v) is 8.17. The van der Waals surface area contributed by atoms with Crippen LogP contribution in [0, 0.1) is 5.92 Å². The fourth-order valence-corrected chi connectivity index (χ4v) is 3.47. The largest absolute Gasteiger partial charge is 0.371 e. The minimum Gasteiger partial charge on any atom is -0.371 e. The van der Waals surface area contributed by atoms with Crippen LogP contribution in [0.25, 0.3) is 0 Å². The molecule has 0 aliphatic carbocycles. The van der Waals surface area contributed by atoms with Gasteiger partial charge in [0.05, 0.1) is 0 Å². The van der Waals surface area contributed by atoms with Crippen molar-refractivity contribution in [3.63, 3.8) is 0 Å². The van der Waals surface area contributed by atoms with Crippen LogP contribution in [0.2, 0.25) is 0 Å². The average Bonchev–Trinajstić information content (AvgIpc) is 2.39. The van der Waals surface area contributed by atoms with Gasteiger partial charge < -0.3 is 9.80 Å². The molecule has 1 fully saturated rings. The average molecular weight is 346 g/mol. The van der Waals surface area contributed by atoms with Crippen LogP contribution >= 0.6 is 27.5 Å². The summed E-state index contributed by atoms with van der Waals surface area (Å²) in [5.74, 6) is 1.41. The molecule has 1 heterocycles. The van der Waals surface area contributed by atoms with Gasteiger partial charge in [0.2, 0.25) is 0 Å². The molecular formula is C15H22BrClN2. The first-order valence-electron chi connectivity index (χ1n) is 6.84. The SMILES string of the molecule is CN(C)CC1CCN(c2ccc(Br)cc2CCl)CC1. The molecule has 1 aromatic rings. The highest BCUT2D eigenvalue weighted by molar-refractivity contribution is 9.10. The lowest BCUT2D eigenvalue weighted by atomic mass is 9.95. The molecule has 1 aromatic carbocycles. The maximum Gasteiger partial charge on any atom is 0.0494 e. The van der Waals surface area contributed by atoms with E-state index in [0.29, 0.717) is 5.88 Å². The van der Waals surface area contributed by atoms with Crippen LogP contribution in [0.4, 0.5) is 5.69 Å². The molecule has 1 saturated heterocycles. The summed E-state index contributed by atoms with van der Waals surface area (Å²) in [4.78, 5) is 4.78. The van der Waals surface area contributed by atoms with Gasteiger partial charge in [0.15, 0.2) is 0 Å². The number of nitrogens with zero attached hydrogens (tertiary/aromatic N) is 2. The summed E-state index contributed by atoms with van der Waals surface area (Å²) >= 11 is 9.58. The number of alkyl halides is 1. The van der Waals surface area contributed by atoms with Gasteiger partial charge in [-0.2, -0.15) is 0 Å². The lowest BCUT2D eigenvalue weighted by molar-refractivity contribution is 0.285. The summed E-state index contributed by atoms with van der Waals surface area (Å²) in [6, 6.07) is 6.43. The quantitative estimate of drug-likeness (QED) is 0.762. The van der Waals surface area contributed by atoms with Crippen molar-refractivity contribution in [3.8, 4) is 0 Å². The Labute approximate surface area is 129 Å². The summed E-state index contributed by atoms with van der Waals surface area (Å²) in [6.07, 6.45) is 2.55. The van der Waals surface area contributed by atoms with Crippen molar-refractivity contribution in [1.29, 1.82) is 0 Å². The predicted octanol–water partition coefficient (Wildman–Crippen LogP) is 3.97. The minimum absolute atomic E-state index is 0.576. The molecule has 1 aliphatic rings. The van der Waals surface area contributed by atoms with Gasteiger partial charge in [0.25, 0.3) is 0 Å². The van der Waals surface area contributed by atoms with Gasteiger partial charge in [-0.3, -0.25) is 0 Å². The number of piperidine rings is 1. The van der Waals surface area contributed by atoms with Gasteiger partial charge in [-0.15, -0.1) is 11.6 Å². The molecule has 0 atom stereocenters. The van der Waals surface area contributed by atoms with Crippen molar-refractivity contribution in [2.75, 3.05) is 38.6 Å². The van der Waals surface area contributed by atoms with Crippen LogP contribution in [-0.2, 0) is 5.88 Å². The Balaban J connectivity index is 2.01. The third kappa shape index (κ3) is 4.11. The molecular weight excluding hydrogens is 324 g/mol. The van der Waals surface area contributed by atoms with E-state index in [1.807, 2.05) is 0 Å². The van der Waals surface area contributed by atoms with Gasteiger partial charge >= 0.3 is 0 Å². The van der Waals surface area contributed by atoms with Crippen molar-refractivity contribution >= 4 is 33.2 Å². The van der Waals surface area contributed by atoms with Crippen LogP contribution in [0.3, 0.4) is 0 Å². The highest BCUT2D eigenvalue weighted by atomic mass is 79.9. The van der Waals surface area contributed by atoms with Gasteiger partial charge in [-0.05, 0) is 56.6 Å². The molecule has 0 radical (unpaired) electrons. The van der Waals surface area contributed by atoms with E-state index in [0.717, 1.165) is 23.5 Å². The van der Waals surface area contributed by atoms with E-state index in [-0.39, 0.29) is 0 Å². The second-order valence-corrected chi connectivity index (χ2v) is 6.78. The van der Waals surface area contributed by atoms with Gasteiger partial charge in [0, 0.05) is 35.7 Å². The Bertz CT molecular complexity index is 415. The molecule has 1 aliphatic heterocycles. The van der Waals surface area contributed by atoms with Crippen molar-refractivity contribution in [3.05, 3.63) is 28.2 Å². The first kappa shape index (κ1) is 15.1. The fourth-order valence-electron chi connectivity index (χ4n) is 2.84. The Kier molecular flexibility index (Phi) is 5.55. The van der Waals surface area contributed by atoms with E-state index in [9.17, 15) is 0 Å². The predicted molar refractivity (Wildman–Crippen MR) is 87.2 cm³/mol. The normalized spacial score (nSPS) is 17.2. The summed E-state index contributed by atoms with van der Waals surface area (Å²) < 4.78 is 1.11. The van der Waals surface area contributed by atoms with Crippen molar-refractivity contribution in [2.24, 2.45) is 5.92 Å². The number of benzene rings is 1. The molecule has 106 valence electrons. The van der Waals surface area contributed by atoms with Crippen LogP contribution in [0.15, 0.2) is 22.7 Å². The van der Waals surface area contributed by atoms with E-state index in [4.69, 9.17) is 11.6 Å². The fraction of sp³-hybridized carbons (Fsp3) is 0.600. The molecule has 19 heavy (non-hydrogen) atoms. The molecule has 0 amide bonds. The molecule has 0 bridgehead atoms. The number of anilines is 1. The van der Waals surface area contributed by atoms with Crippen LogP contribution in [-0.4, -0.2) is 38.6 Å². The molecule has 2 nitrogen and oxygen atoms in total. The topological polar surface area (TPSA) is 6.48 Å². The van der Waals surface area contributed by atoms with Crippen LogP contribution < -0.4 is 4.90 Å². The number of hydrogen-bond donors (Lipinski definition) is 0. The third-order valence-electron chi connectivity index (χ3n) is 3.76. The van der Waals surface area contributed by atoms with Gasteiger partial charge in [-0.1, -0.05) is 15.9 Å². The summed E-state index contributed by atoms with van der Waals surface area (Å²) in [5, 5.41) is 0. The van der Waals surface area contributed by atoms with Crippen molar-refractivity contribution in [2.45, 2.75) is 18.7 Å². The van der Waals surface area contributed by atoms with E-state index in [1.54, 1.807) is 0 Å². The van der Waals surface area contributed by atoms with Gasteiger partial charge in [-0.25, -0.2) is 0 Å². The molecule has 0 unspecified atom stereocenters. The standard InChI is InChI=1S/C15H22BrClN2/c1-18(2)11-12-5-7-19(8-6-12)15-4-3-14(16)9-13(15)10-17/h3-4,9,12H,5-8,10-11H2,1-2H3. The monoisotopic (exact) mass is 344 g/mol. The highest BCUT2D eigenvalue weighted by Gasteiger charge is 2.21. The molecule has 2 rings (SSSR count). The highest BCUT2D eigenvalue weighted by Crippen LogP contribution is 2.29. The third-order valence-corrected chi connectivity index (χ3v) is 4.55. The van der Waals surface area contributed by atoms with E-state index < -0.39 is 0 Å². The number of rotatable bonds is 4. The second-order valence-electron chi connectivity index (χ2n) is 5.60. The zero-order valence-electron chi connectivity index (χ0n) is 11.7. The van der Waals surface area contributed by atoms with Gasteiger partial charge in [0.1, 0.15) is 0 Å². The summed E-state index contributed by atoms with van der Waals surface area (Å²) in [6.45, 7) is 3.49. The summed E-state index contributed by atoms with van der Waals surface area (Å²) in [5.41, 5.74) is 2.53. The maximum atomic E-state index is 6.07. The molecule has 4 heteroatoms. The van der Waals surface area contributed by atoms with E-state index in [1.165, 1.54) is 30.6 Å². The van der Waals surface area contributed by atoms with Crippen molar-refractivity contribution in [1.82, 2.24) is 4.90 Å². The molecule has 0 spiro atoms. The molecule has 0 N–H and O–H groups in total. The number of hydrogen-bond acceptors (Lipinski definition) is 2. The Hall–Kier alpha value is -0.250. The smallest absolute Gasteiger partial charge is 0.0494 e. The second kappa shape index (κ2) is 6.96. The van der Waals surface area contributed by atoms with E-state index >= 15 is 0 Å². The lowest BCUT2D eigenvalue weighted by Gasteiger charge is -2.35. The lowest BCUT2D eigenvalue weighted by Crippen LogP contribution is -2.37. The Morgan fingerprint density at radius 3 is 2.58 bits per heavy atom. The number of halogens is 2. The zero-order chi connectivity index (χ0) is 13.8. The van der Waals surface area contributed by atoms with Crippen molar-refractivity contribution < 1.29 is 0 Å². The van der Waals surface area contributed by atoms with E-state index in [2.05, 4.69) is 58.0 Å². The first-order chi connectivity index (χ1) is 9.10. The summed E-state index contributed by atoms with van der Waals surface area (Å²) in [7, 11) is 4.32. The Morgan fingerprint density at radius 2 is 2.00 bits per heavy atom. The zero-order valence-corrected chi connectivity index (χ0v) is 14.0. The Morgan fingerprint density at radius 1 is 1.32 bits per heavy atom. The molecule has 0 saturated carbocycles. The van der Waals surface area contributed by atoms with Crippen LogP contribution in [0.5, 0.6) is 0 Å². The van der Waals surface area contributed by atoms with Crippen LogP contribution in [0.1, 0.15) is 18.4 Å². The maximum absolute atomic E-state index is 6.07. The molecule has 0 aromatic heterocycles.